The number of sulfonamides is 1. The molecule has 0 spiro atoms. The quantitative estimate of drug-likeness (QED) is 0.712. The van der Waals surface area contributed by atoms with Crippen LogP contribution in [0.2, 0.25) is 0 Å². The lowest BCUT2D eigenvalue weighted by molar-refractivity contribution is 0.427. The summed E-state index contributed by atoms with van der Waals surface area (Å²) in [7, 11) is -3.12. The molecule has 1 saturated carbocycles. The van der Waals surface area contributed by atoms with Crippen molar-refractivity contribution in [2.45, 2.75) is 44.6 Å². The predicted octanol–water partition coefficient (Wildman–Crippen LogP) is 0.587. The average molecular weight is 220 g/mol. The van der Waals surface area contributed by atoms with Gasteiger partial charge >= 0.3 is 0 Å². The minimum absolute atomic E-state index is 0.152. The third-order valence-electron chi connectivity index (χ3n) is 2.73. The Labute approximate surface area is 86.3 Å². The molecule has 0 amide bonds. The van der Waals surface area contributed by atoms with Crippen LogP contribution in [0, 0.1) is 0 Å². The Morgan fingerprint density at radius 1 is 1.36 bits per heavy atom. The van der Waals surface area contributed by atoms with Crippen LogP contribution in [0.15, 0.2) is 0 Å². The molecule has 0 aromatic rings. The molecule has 0 aromatic carbocycles. The molecule has 0 bridgehead atoms. The van der Waals surface area contributed by atoms with E-state index in [9.17, 15) is 8.42 Å². The molecule has 1 aliphatic carbocycles. The van der Waals surface area contributed by atoms with Crippen LogP contribution in [-0.2, 0) is 10.0 Å². The Bertz CT molecular complexity index is 269. The zero-order chi connectivity index (χ0) is 10.7. The summed E-state index contributed by atoms with van der Waals surface area (Å²) in [4.78, 5) is 0. The number of nitrogens with two attached hydrogens (primary N) is 1. The molecule has 0 atom stereocenters. The lowest BCUT2D eigenvalue weighted by Gasteiger charge is -2.24. The second-order valence-electron chi connectivity index (χ2n) is 4.33. The van der Waals surface area contributed by atoms with Crippen molar-refractivity contribution in [1.29, 1.82) is 0 Å². The highest BCUT2D eigenvalue weighted by molar-refractivity contribution is 7.89. The molecule has 14 heavy (non-hydrogen) atoms. The van der Waals surface area contributed by atoms with Gasteiger partial charge < -0.3 is 5.73 Å². The molecule has 1 fully saturated rings. The maximum atomic E-state index is 11.6. The van der Waals surface area contributed by atoms with Crippen LogP contribution in [0.5, 0.6) is 0 Å². The van der Waals surface area contributed by atoms with Gasteiger partial charge in [-0.05, 0) is 32.7 Å². The second kappa shape index (κ2) is 4.59. The summed E-state index contributed by atoms with van der Waals surface area (Å²) in [5.41, 5.74) is 5.08. The fourth-order valence-corrected chi connectivity index (χ4v) is 3.56. The van der Waals surface area contributed by atoms with Gasteiger partial charge in [-0.3, -0.25) is 0 Å². The first-order valence-corrected chi connectivity index (χ1v) is 6.84. The molecular weight excluding hydrogens is 200 g/mol. The maximum Gasteiger partial charge on any atom is 0.212 e. The van der Waals surface area contributed by atoms with Gasteiger partial charge in [-0.2, -0.15) is 0 Å². The highest BCUT2D eigenvalue weighted by Gasteiger charge is 2.32. The van der Waals surface area contributed by atoms with E-state index in [1.165, 1.54) is 0 Å². The Morgan fingerprint density at radius 3 is 2.43 bits per heavy atom. The van der Waals surface area contributed by atoms with E-state index < -0.39 is 10.0 Å². The predicted molar refractivity (Wildman–Crippen MR) is 57.5 cm³/mol. The van der Waals surface area contributed by atoms with Gasteiger partial charge in [0, 0.05) is 5.54 Å². The molecule has 0 aliphatic heterocycles. The van der Waals surface area contributed by atoms with Gasteiger partial charge in [0.05, 0.1) is 5.75 Å². The monoisotopic (exact) mass is 220 g/mol. The van der Waals surface area contributed by atoms with E-state index in [2.05, 4.69) is 4.72 Å². The van der Waals surface area contributed by atoms with Crippen LogP contribution in [0.1, 0.15) is 39.0 Å². The number of hydrogen-bond acceptors (Lipinski definition) is 3. The molecule has 1 aliphatic rings. The summed E-state index contributed by atoms with van der Waals surface area (Å²) in [5, 5.41) is 0. The van der Waals surface area contributed by atoms with Gasteiger partial charge in [-0.25, -0.2) is 13.1 Å². The lowest BCUT2D eigenvalue weighted by atomic mass is 10.0. The number of nitrogens with one attached hydrogen (secondary N) is 1. The van der Waals surface area contributed by atoms with Crippen molar-refractivity contribution in [1.82, 2.24) is 4.72 Å². The van der Waals surface area contributed by atoms with Crippen molar-refractivity contribution in [3.8, 4) is 0 Å². The molecule has 0 radical (unpaired) electrons. The largest absolute Gasteiger partial charge is 0.330 e. The van der Waals surface area contributed by atoms with E-state index in [-0.39, 0.29) is 11.3 Å². The Balaban J connectivity index is 2.49. The molecule has 0 heterocycles. The molecule has 4 nitrogen and oxygen atoms in total. The summed E-state index contributed by atoms with van der Waals surface area (Å²) in [6, 6.07) is 0. The van der Waals surface area contributed by atoms with E-state index >= 15 is 0 Å². The van der Waals surface area contributed by atoms with Crippen molar-refractivity contribution >= 4 is 10.0 Å². The fraction of sp³-hybridized carbons (Fsp3) is 1.00. The normalized spacial score (nSPS) is 21.3. The standard InChI is InChI=1S/C9H20N2O2S/c1-9(5-2-3-6-9)11-14(12,13)8-4-7-10/h11H,2-8,10H2,1H3. The van der Waals surface area contributed by atoms with Gasteiger partial charge in [0.25, 0.3) is 0 Å². The highest BCUT2D eigenvalue weighted by atomic mass is 32.2. The smallest absolute Gasteiger partial charge is 0.212 e. The molecule has 3 N–H and O–H groups in total. The van der Waals surface area contributed by atoms with Gasteiger partial charge in [0.2, 0.25) is 10.0 Å². The van der Waals surface area contributed by atoms with Gasteiger partial charge in [0.15, 0.2) is 0 Å². The van der Waals surface area contributed by atoms with E-state index in [0.717, 1.165) is 25.7 Å². The van der Waals surface area contributed by atoms with Gasteiger partial charge in [-0.15, -0.1) is 0 Å². The van der Waals surface area contributed by atoms with Crippen LogP contribution in [0.3, 0.4) is 0 Å². The van der Waals surface area contributed by atoms with Crippen LogP contribution in [0.25, 0.3) is 0 Å². The van der Waals surface area contributed by atoms with Gasteiger partial charge in [-0.1, -0.05) is 12.8 Å². The first-order chi connectivity index (χ1) is 6.47. The van der Waals surface area contributed by atoms with Gasteiger partial charge in [0.1, 0.15) is 0 Å². The van der Waals surface area contributed by atoms with E-state index in [4.69, 9.17) is 5.73 Å². The molecule has 1 rings (SSSR count). The minimum Gasteiger partial charge on any atom is -0.330 e. The van der Waals surface area contributed by atoms with Crippen molar-refractivity contribution in [2.75, 3.05) is 12.3 Å². The van der Waals surface area contributed by atoms with Crippen molar-refractivity contribution in [3.05, 3.63) is 0 Å². The number of rotatable bonds is 5. The third-order valence-corrected chi connectivity index (χ3v) is 4.36. The SMILES string of the molecule is CC1(NS(=O)(=O)CCCN)CCCC1. The summed E-state index contributed by atoms with van der Waals surface area (Å²) in [6.07, 6.45) is 4.68. The molecule has 84 valence electrons. The molecule has 0 saturated heterocycles. The first-order valence-electron chi connectivity index (χ1n) is 5.19. The topological polar surface area (TPSA) is 72.2 Å². The van der Waals surface area contributed by atoms with Crippen LogP contribution in [0.4, 0.5) is 0 Å². The van der Waals surface area contributed by atoms with E-state index in [1.807, 2.05) is 6.92 Å². The summed E-state index contributed by atoms with van der Waals surface area (Å²) in [5.74, 6) is 0.152. The average Bonchev–Trinajstić information content (AvgIpc) is 2.47. The maximum absolute atomic E-state index is 11.6. The molecule has 0 unspecified atom stereocenters. The van der Waals surface area contributed by atoms with Crippen molar-refractivity contribution < 1.29 is 8.42 Å². The lowest BCUT2D eigenvalue weighted by Crippen LogP contribution is -2.44. The Hall–Kier alpha value is -0.130. The highest BCUT2D eigenvalue weighted by Crippen LogP contribution is 2.29. The summed E-state index contributed by atoms with van der Waals surface area (Å²) >= 11 is 0. The second-order valence-corrected chi connectivity index (χ2v) is 6.17. The van der Waals surface area contributed by atoms with Crippen LogP contribution in [-0.4, -0.2) is 26.3 Å². The third kappa shape index (κ3) is 3.55. The summed E-state index contributed by atoms with van der Waals surface area (Å²) in [6.45, 7) is 2.41. The molecular formula is C9H20N2O2S. The van der Waals surface area contributed by atoms with Crippen LogP contribution < -0.4 is 10.5 Å². The number of hydrogen-bond donors (Lipinski definition) is 2. The fourth-order valence-electron chi connectivity index (χ4n) is 1.96. The van der Waals surface area contributed by atoms with Crippen molar-refractivity contribution in [2.24, 2.45) is 5.73 Å². The zero-order valence-electron chi connectivity index (χ0n) is 8.75. The molecule has 0 aromatic heterocycles. The minimum atomic E-state index is -3.12. The Morgan fingerprint density at radius 2 is 1.93 bits per heavy atom. The summed E-state index contributed by atoms with van der Waals surface area (Å²) < 4.78 is 26.0. The molecule has 5 heteroatoms. The van der Waals surface area contributed by atoms with E-state index in [0.29, 0.717) is 13.0 Å². The van der Waals surface area contributed by atoms with Crippen molar-refractivity contribution in [3.63, 3.8) is 0 Å². The zero-order valence-corrected chi connectivity index (χ0v) is 9.57. The first kappa shape index (κ1) is 11.9. The Kier molecular flexibility index (Phi) is 3.92. The van der Waals surface area contributed by atoms with Crippen LogP contribution >= 0.6 is 0 Å². The van der Waals surface area contributed by atoms with E-state index in [1.54, 1.807) is 0 Å².